The van der Waals surface area contributed by atoms with E-state index in [2.05, 4.69) is 60.4 Å². The number of hydrogen-bond acceptors (Lipinski definition) is 1. The molecule has 1 unspecified atom stereocenters. The van der Waals surface area contributed by atoms with Crippen LogP contribution in [0.4, 0.5) is 0 Å². The van der Waals surface area contributed by atoms with Gasteiger partial charge in [0.2, 0.25) is 0 Å². The highest BCUT2D eigenvalue weighted by molar-refractivity contribution is 5.88. The number of rotatable bonds is 2. The van der Waals surface area contributed by atoms with Gasteiger partial charge in [0.15, 0.2) is 0 Å². The topological polar surface area (TPSA) is 19.0 Å². The third kappa shape index (κ3) is 1.55. The van der Waals surface area contributed by atoms with Crippen molar-refractivity contribution in [1.29, 1.82) is 0 Å². The van der Waals surface area contributed by atoms with Crippen LogP contribution in [-0.4, -0.2) is 16.9 Å². The fraction of sp³-hybridized carbons (Fsp3) is 0.333. The molecule has 2 nitrogen and oxygen atoms in total. The molecule has 1 aliphatic rings. The first-order chi connectivity index (χ1) is 8.31. The van der Waals surface area contributed by atoms with Gasteiger partial charge in [-0.25, -0.2) is 0 Å². The highest BCUT2D eigenvalue weighted by Gasteiger charge is 2.24. The fourth-order valence-electron chi connectivity index (χ4n) is 2.80. The molecule has 0 fully saturated rings. The summed E-state index contributed by atoms with van der Waals surface area (Å²) < 4.78 is 0. The highest BCUT2D eigenvalue weighted by atomic mass is 15.1. The van der Waals surface area contributed by atoms with Gasteiger partial charge in [-0.15, -0.1) is 0 Å². The highest BCUT2D eigenvalue weighted by Crippen LogP contribution is 2.37. The van der Waals surface area contributed by atoms with Crippen molar-refractivity contribution in [3.63, 3.8) is 0 Å². The lowest BCUT2D eigenvalue weighted by Crippen LogP contribution is -2.21. The van der Waals surface area contributed by atoms with Gasteiger partial charge in [0, 0.05) is 35.4 Å². The van der Waals surface area contributed by atoms with E-state index < -0.39 is 0 Å². The summed E-state index contributed by atoms with van der Waals surface area (Å²) in [5, 5.41) is 1.37. The summed E-state index contributed by atoms with van der Waals surface area (Å²) in [6, 6.07) is 9.10. The molecule has 1 aliphatic heterocycles. The van der Waals surface area contributed by atoms with E-state index in [1.54, 1.807) is 0 Å². The summed E-state index contributed by atoms with van der Waals surface area (Å²) in [6.45, 7) is 2.25. The SMILES string of the molecule is CCCC1c2c([nH]c3ccccc23)C=CN1C. The summed E-state index contributed by atoms with van der Waals surface area (Å²) in [7, 11) is 2.17. The smallest absolute Gasteiger partial charge is 0.0560 e. The monoisotopic (exact) mass is 226 g/mol. The zero-order valence-electron chi connectivity index (χ0n) is 10.4. The van der Waals surface area contributed by atoms with E-state index in [1.165, 1.54) is 35.0 Å². The van der Waals surface area contributed by atoms with Crippen LogP contribution in [0.5, 0.6) is 0 Å². The first-order valence-corrected chi connectivity index (χ1v) is 6.32. The van der Waals surface area contributed by atoms with Crippen molar-refractivity contribution in [3.05, 3.63) is 41.7 Å². The van der Waals surface area contributed by atoms with Gasteiger partial charge < -0.3 is 9.88 Å². The van der Waals surface area contributed by atoms with Gasteiger partial charge in [0.05, 0.1) is 6.04 Å². The number of nitrogens with one attached hydrogen (secondary N) is 1. The van der Waals surface area contributed by atoms with Crippen LogP contribution < -0.4 is 0 Å². The Morgan fingerprint density at radius 2 is 2.12 bits per heavy atom. The van der Waals surface area contributed by atoms with Crippen LogP contribution in [0.15, 0.2) is 30.5 Å². The van der Waals surface area contributed by atoms with Crippen LogP contribution in [0, 0.1) is 0 Å². The van der Waals surface area contributed by atoms with Crippen molar-refractivity contribution >= 4 is 17.0 Å². The summed E-state index contributed by atoms with van der Waals surface area (Å²) >= 11 is 0. The molecule has 17 heavy (non-hydrogen) atoms. The second-order valence-electron chi connectivity index (χ2n) is 4.78. The summed E-state index contributed by atoms with van der Waals surface area (Å²) in [5.74, 6) is 0. The Balaban J connectivity index is 2.22. The molecule has 0 amide bonds. The number of hydrogen-bond donors (Lipinski definition) is 1. The molecule has 0 saturated heterocycles. The van der Waals surface area contributed by atoms with Gasteiger partial charge >= 0.3 is 0 Å². The van der Waals surface area contributed by atoms with Crippen molar-refractivity contribution in [1.82, 2.24) is 9.88 Å². The standard InChI is InChI=1S/C15H18N2/c1-3-6-14-15-11-7-4-5-8-12(11)16-13(15)9-10-17(14)2/h4-5,7-10,14,16H,3,6H2,1-2H3. The first kappa shape index (κ1) is 10.5. The molecule has 88 valence electrons. The Hall–Kier alpha value is -1.70. The lowest BCUT2D eigenvalue weighted by atomic mass is 9.96. The molecule has 0 saturated carbocycles. The second kappa shape index (κ2) is 3.95. The van der Waals surface area contributed by atoms with Crippen LogP contribution in [0.3, 0.4) is 0 Å². The van der Waals surface area contributed by atoms with E-state index in [9.17, 15) is 0 Å². The first-order valence-electron chi connectivity index (χ1n) is 6.32. The molecule has 1 aromatic heterocycles. The third-order valence-electron chi connectivity index (χ3n) is 3.64. The van der Waals surface area contributed by atoms with E-state index in [0.717, 1.165) is 0 Å². The number of aromatic amines is 1. The Morgan fingerprint density at radius 3 is 2.94 bits per heavy atom. The van der Waals surface area contributed by atoms with Crippen molar-refractivity contribution in [2.45, 2.75) is 25.8 Å². The average Bonchev–Trinajstić information content (AvgIpc) is 2.72. The molecule has 0 bridgehead atoms. The molecule has 1 aromatic carbocycles. The fourth-order valence-corrected chi connectivity index (χ4v) is 2.80. The van der Waals surface area contributed by atoms with Gasteiger partial charge in [-0.05, 0) is 18.6 Å². The zero-order chi connectivity index (χ0) is 11.8. The maximum atomic E-state index is 3.51. The average molecular weight is 226 g/mol. The summed E-state index contributed by atoms with van der Waals surface area (Å²) in [4.78, 5) is 5.84. The van der Waals surface area contributed by atoms with Gasteiger partial charge in [-0.2, -0.15) is 0 Å². The van der Waals surface area contributed by atoms with E-state index in [0.29, 0.717) is 6.04 Å². The van der Waals surface area contributed by atoms with Crippen LogP contribution in [-0.2, 0) is 0 Å². The number of H-pyrrole nitrogens is 1. The minimum absolute atomic E-state index is 0.510. The predicted octanol–water partition coefficient (Wildman–Crippen LogP) is 3.93. The quantitative estimate of drug-likeness (QED) is 0.822. The molecule has 3 rings (SSSR count). The molecular formula is C15H18N2. The molecular weight excluding hydrogens is 208 g/mol. The zero-order valence-corrected chi connectivity index (χ0v) is 10.4. The Kier molecular flexibility index (Phi) is 2.43. The van der Waals surface area contributed by atoms with Crippen LogP contribution >= 0.6 is 0 Å². The molecule has 2 heterocycles. The molecule has 0 spiro atoms. The minimum Gasteiger partial charge on any atom is -0.373 e. The number of benzene rings is 1. The van der Waals surface area contributed by atoms with Gasteiger partial charge in [0.25, 0.3) is 0 Å². The lowest BCUT2D eigenvalue weighted by Gasteiger charge is -2.30. The van der Waals surface area contributed by atoms with Crippen molar-refractivity contribution in [3.8, 4) is 0 Å². The summed E-state index contributed by atoms with van der Waals surface area (Å²) in [5.41, 5.74) is 3.99. The normalized spacial score (nSPS) is 18.7. The Bertz CT molecular complexity index is 565. The van der Waals surface area contributed by atoms with Crippen molar-refractivity contribution < 1.29 is 0 Å². The maximum Gasteiger partial charge on any atom is 0.0560 e. The maximum absolute atomic E-state index is 3.51. The number of aromatic nitrogens is 1. The van der Waals surface area contributed by atoms with Gasteiger partial charge in [-0.3, -0.25) is 0 Å². The Morgan fingerprint density at radius 1 is 1.29 bits per heavy atom. The molecule has 0 aliphatic carbocycles. The largest absolute Gasteiger partial charge is 0.373 e. The number of fused-ring (bicyclic) bond motifs is 3. The van der Waals surface area contributed by atoms with Crippen LogP contribution in [0.25, 0.3) is 17.0 Å². The molecule has 1 N–H and O–H groups in total. The molecule has 2 heteroatoms. The predicted molar refractivity (Wildman–Crippen MR) is 72.7 cm³/mol. The number of para-hydroxylation sites is 1. The number of nitrogens with zero attached hydrogens (tertiary/aromatic N) is 1. The lowest BCUT2D eigenvalue weighted by molar-refractivity contribution is 0.315. The Labute approximate surface area is 102 Å². The third-order valence-corrected chi connectivity index (χ3v) is 3.64. The van der Waals surface area contributed by atoms with E-state index in [-0.39, 0.29) is 0 Å². The van der Waals surface area contributed by atoms with Crippen molar-refractivity contribution in [2.75, 3.05) is 7.05 Å². The molecule has 2 aromatic rings. The molecule has 0 radical (unpaired) electrons. The van der Waals surface area contributed by atoms with Crippen LogP contribution in [0.2, 0.25) is 0 Å². The summed E-state index contributed by atoms with van der Waals surface area (Å²) in [6.07, 6.45) is 6.77. The van der Waals surface area contributed by atoms with E-state index >= 15 is 0 Å². The second-order valence-corrected chi connectivity index (χ2v) is 4.78. The van der Waals surface area contributed by atoms with Gasteiger partial charge in [-0.1, -0.05) is 31.5 Å². The minimum atomic E-state index is 0.510. The van der Waals surface area contributed by atoms with E-state index in [1.807, 2.05) is 0 Å². The molecule has 1 atom stereocenters. The van der Waals surface area contributed by atoms with Gasteiger partial charge in [0.1, 0.15) is 0 Å². The van der Waals surface area contributed by atoms with Crippen molar-refractivity contribution in [2.24, 2.45) is 0 Å². The van der Waals surface area contributed by atoms with Crippen LogP contribution in [0.1, 0.15) is 37.1 Å². The van der Waals surface area contributed by atoms with E-state index in [4.69, 9.17) is 0 Å².